The number of hydrogen-bond acceptors (Lipinski definition) is 3. The number of methoxy groups -OCH3 is 1. The Kier molecular flexibility index (Phi) is 5.56. The lowest BCUT2D eigenvalue weighted by Crippen LogP contribution is -2.22. The second kappa shape index (κ2) is 7.41. The molecule has 0 unspecified atom stereocenters. The van der Waals surface area contributed by atoms with Crippen molar-refractivity contribution < 1.29 is 4.74 Å². The van der Waals surface area contributed by atoms with Gasteiger partial charge in [-0.25, -0.2) is 0 Å². The Morgan fingerprint density at radius 1 is 1.10 bits per heavy atom. The molecular weight excluding hydrogens is 316 g/mol. The van der Waals surface area contributed by atoms with Crippen LogP contribution in [-0.2, 0) is 13.1 Å². The van der Waals surface area contributed by atoms with E-state index in [1.807, 2.05) is 18.5 Å². The SMILES string of the molecule is CCN(Cc1ccncc1)Cc1ccc(OC)c(Br)c1. The Hall–Kier alpha value is -1.39. The van der Waals surface area contributed by atoms with Gasteiger partial charge in [-0.05, 0) is 57.9 Å². The van der Waals surface area contributed by atoms with E-state index in [1.54, 1.807) is 7.11 Å². The lowest BCUT2D eigenvalue weighted by molar-refractivity contribution is 0.271. The highest BCUT2D eigenvalue weighted by molar-refractivity contribution is 9.10. The molecule has 3 nitrogen and oxygen atoms in total. The van der Waals surface area contributed by atoms with Crippen LogP contribution in [0.5, 0.6) is 5.75 Å². The maximum Gasteiger partial charge on any atom is 0.133 e. The lowest BCUT2D eigenvalue weighted by atomic mass is 10.2. The van der Waals surface area contributed by atoms with E-state index >= 15 is 0 Å². The largest absolute Gasteiger partial charge is 0.496 e. The molecule has 0 aliphatic carbocycles. The average Bonchev–Trinajstić information content (AvgIpc) is 2.48. The molecule has 0 N–H and O–H groups in total. The van der Waals surface area contributed by atoms with Gasteiger partial charge in [-0.15, -0.1) is 0 Å². The second-order valence-electron chi connectivity index (χ2n) is 4.63. The summed E-state index contributed by atoms with van der Waals surface area (Å²) in [6, 6.07) is 10.4. The minimum Gasteiger partial charge on any atom is -0.496 e. The van der Waals surface area contributed by atoms with E-state index in [0.717, 1.165) is 29.9 Å². The first-order valence-electron chi connectivity index (χ1n) is 6.66. The van der Waals surface area contributed by atoms with Crippen molar-refractivity contribution in [1.82, 2.24) is 9.88 Å². The second-order valence-corrected chi connectivity index (χ2v) is 5.48. The third-order valence-electron chi connectivity index (χ3n) is 3.23. The Balaban J connectivity index is 2.04. The number of pyridine rings is 1. The van der Waals surface area contributed by atoms with Crippen molar-refractivity contribution in [3.05, 3.63) is 58.3 Å². The molecule has 0 aliphatic heterocycles. The molecule has 0 bridgehead atoms. The van der Waals surface area contributed by atoms with Crippen LogP contribution in [0.4, 0.5) is 0 Å². The van der Waals surface area contributed by atoms with Crippen LogP contribution in [0.3, 0.4) is 0 Å². The van der Waals surface area contributed by atoms with Crippen molar-refractivity contribution in [2.45, 2.75) is 20.0 Å². The summed E-state index contributed by atoms with van der Waals surface area (Å²) in [5.41, 5.74) is 2.56. The van der Waals surface area contributed by atoms with Crippen molar-refractivity contribution in [3.63, 3.8) is 0 Å². The van der Waals surface area contributed by atoms with Crippen LogP contribution in [0.2, 0.25) is 0 Å². The van der Waals surface area contributed by atoms with Gasteiger partial charge in [0.1, 0.15) is 5.75 Å². The molecule has 0 saturated carbocycles. The summed E-state index contributed by atoms with van der Waals surface area (Å²) in [5, 5.41) is 0. The first-order valence-corrected chi connectivity index (χ1v) is 7.46. The average molecular weight is 335 g/mol. The molecule has 0 radical (unpaired) electrons. The molecule has 0 saturated heterocycles. The van der Waals surface area contributed by atoms with Gasteiger partial charge in [0.25, 0.3) is 0 Å². The van der Waals surface area contributed by atoms with Gasteiger partial charge in [-0.2, -0.15) is 0 Å². The van der Waals surface area contributed by atoms with Crippen molar-refractivity contribution in [3.8, 4) is 5.75 Å². The van der Waals surface area contributed by atoms with Gasteiger partial charge in [-0.3, -0.25) is 9.88 Å². The Morgan fingerprint density at radius 3 is 2.40 bits per heavy atom. The van der Waals surface area contributed by atoms with E-state index in [0.29, 0.717) is 0 Å². The van der Waals surface area contributed by atoms with Gasteiger partial charge in [-0.1, -0.05) is 13.0 Å². The van der Waals surface area contributed by atoms with Crippen LogP contribution in [0.1, 0.15) is 18.1 Å². The molecule has 20 heavy (non-hydrogen) atoms. The smallest absolute Gasteiger partial charge is 0.133 e. The molecule has 0 atom stereocenters. The van der Waals surface area contributed by atoms with E-state index in [1.165, 1.54) is 11.1 Å². The Bertz CT molecular complexity index is 545. The molecular formula is C16H19BrN2O. The van der Waals surface area contributed by atoms with Crippen molar-refractivity contribution in [1.29, 1.82) is 0 Å². The van der Waals surface area contributed by atoms with Crippen molar-refractivity contribution in [2.75, 3.05) is 13.7 Å². The maximum absolute atomic E-state index is 5.26. The molecule has 0 aliphatic rings. The molecule has 1 heterocycles. The molecule has 0 amide bonds. The summed E-state index contributed by atoms with van der Waals surface area (Å²) < 4.78 is 6.26. The molecule has 106 valence electrons. The van der Waals surface area contributed by atoms with E-state index in [-0.39, 0.29) is 0 Å². The standard InChI is InChI=1S/C16H19BrN2O/c1-3-19(11-13-6-8-18-9-7-13)12-14-4-5-16(20-2)15(17)10-14/h4-10H,3,11-12H2,1-2H3. The van der Waals surface area contributed by atoms with Crippen molar-refractivity contribution >= 4 is 15.9 Å². The Morgan fingerprint density at radius 2 is 1.80 bits per heavy atom. The van der Waals surface area contributed by atoms with Crippen LogP contribution >= 0.6 is 15.9 Å². The summed E-state index contributed by atoms with van der Waals surface area (Å²) in [4.78, 5) is 6.45. The molecule has 2 aromatic rings. The first-order chi connectivity index (χ1) is 9.72. The minimum atomic E-state index is 0.867. The highest BCUT2D eigenvalue weighted by atomic mass is 79.9. The summed E-state index contributed by atoms with van der Waals surface area (Å²) in [6.45, 7) is 5.04. The summed E-state index contributed by atoms with van der Waals surface area (Å²) in [5.74, 6) is 0.867. The number of hydrogen-bond donors (Lipinski definition) is 0. The predicted octanol–water partition coefficient (Wildman–Crippen LogP) is 3.87. The summed E-state index contributed by atoms with van der Waals surface area (Å²) in [6.07, 6.45) is 3.68. The zero-order chi connectivity index (χ0) is 14.4. The fourth-order valence-corrected chi connectivity index (χ4v) is 2.68. The van der Waals surface area contributed by atoms with Crippen LogP contribution in [-0.4, -0.2) is 23.5 Å². The Labute approximate surface area is 128 Å². The molecule has 2 rings (SSSR count). The van der Waals surface area contributed by atoms with Gasteiger partial charge in [0.05, 0.1) is 11.6 Å². The third kappa shape index (κ3) is 4.05. The predicted molar refractivity (Wildman–Crippen MR) is 84.7 cm³/mol. The highest BCUT2D eigenvalue weighted by Crippen LogP contribution is 2.26. The van der Waals surface area contributed by atoms with Gasteiger partial charge < -0.3 is 4.74 Å². The van der Waals surface area contributed by atoms with Crippen molar-refractivity contribution in [2.24, 2.45) is 0 Å². The number of aromatic nitrogens is 1. The minimum absolute atomic E-state index is 0.867. The van der Waals surface area contributed by atoms with E-state index in [4.69, 9.17) is 4.74 Å². The number of nitrogens with zero attached hydrogens (tertiary/aromatic N) is 2. The zero-order valence-electron chi connectivity index (χ0n) is 11.8. The van der Waals surface area contributed by atoms with Crippen LogP contribution in [0.15, 0.2) is 47.2 Å². The number of rotatable bonds is 6. The summed E-state index contributed by atoms with van der Waals surface area (Å²) >= 11 is 3.53. The lowest BCUT2D eigenvalue weighted by Gasteiger charge is -2.21. The van der Waals surface area contributed by atoms with E-state index < -0.39 is 0 Å². The number of ether oxygens (including phenoxy) is 1. The van der Waals surface area contributed by atoms with Crippen LogP contribution in [0.25, 0.3) is 0 Å². The zero-order valence-corrected chi connectivity index (χ0v) is 13.4. The van der Waals surface area contributed by atoms with E-state index in [2.05, 4.69) is 57.0 Å². The fraction of sp³-hybridized carbons (Fsp3) is 0.312. The van der Waals surface area contributed by atoms with Gasteiger partial charge in [0.15, 0.2) is 0 Å². The maximum atomic E-state index is 5.26. The first kappa shape index (κ1) is 15.0. The molecule has 0 fully saturated rings. The van der Waals surface area contributed by atoms with Crippen LogP contribution in [0, 0.1) is 0 Å². The monoisotopic (exact) mass is 334 g/mol. The highest BCUT2D eigenvalue weighted by Gasteiger charge is 2.07. The molecule has 1 aromatic carbocycles. The number of benzene rings is 1. The molecule has 1 aromatic heterocycles. The van der Waals surface area contributed by atoms with Crippen LogP contribution < -0.4 is 4.74 Å². The third-order valence-corrected chi connectivity index (χ3v) is 3.84. The summed E-state index contributed by atoms with van der Waals surface area (Å²) in [7, 11) is 1.68. The normalized spacial score (nSPS) is 10.8. The number of halogens is 1. The van der Waals surface area contributed by atoms with E-state index in [9.17, 15) is 0 Å². The molecule has 4 heteroatoms. The van der Waals surface area contributed by atoms with Gasteiger partial charge in [0, 0.05) is 25.5 Å². The van der Waals surface area contributed by atoms with Gasteiger partial charge >= 0.3 is 0 Å². The molecule has 0 spiro atoms. The fourth-order valence-electron chi connectivity index (χ4n) is 2.09. The quantitative estimate of drug-likeness (QED) is 0.801. The topological polar surface area (TPSA) is 25.4 Å². The van der Waals surface area contributed by atoms with Gasteiger partial charge in [0.2, 0.25) is 0 Å².